The quantitative estimate of drug-likeness (QED) is 0.875. The number of aromatic nitrogens is 3. The average Bonchev–Trinajstić information content (AvgIpc) is 2.77. The first-order chi connectivity index (χ1) is 8.56. The highest BCUT2D eigenvalue weighted by atomic mass is 19.1. The number of hydrogen-bond acceptors (Lipinski definition) is 3. The third-order valence-electron chi connectivity index (χ3n) is 2.43. The minimum absolute atomic E-state index is 0.157. The van der Waals surface area contributed by atoms with Crippen LogP contribution in [0, 0.1) is 5.82 Å². The molecular formula is C12H13FN4O. The van der Waals surface area contributed by atoms with Crippen LogP contribution in [-0.4, -0.2) is 21.1 Å². The van der Waals surface area contributed by atoms with Crippen molar-refractivity contribution < 1.29 is 9.18 Å². The Morgan fingerprint density at radius 1 is 1.39 bits per heavy atom. The van der Waals surface area contributed by atoms with Gasteiger partial charge in [0, 0.05) is 18.0 Å². The molecular weight excluding hydrogens is 235 g/mol. The Hall–Kier alpha value is -2.24. The Morgan fingerprint density at radius 2 is 2.17 bits per heavy atom. The van der Waals surface area contributed by atoms with Gasteiger partial charge in [0.15, 0.2) is 5.82 Å². The van der Waals surface area contributed by atoms with Crippen molar-refractivity contribution in [2.24, 2.45) is 0 Å². The molecule has 0 aliphatic rings. The van der Waals surface area contributed by atoms with E-state index in [0.29, 0.717) is 11.7 Å². The van der Waals surface area contributed by atoms with E-state index in [9.17, 15) is 9.18 Å². The maximum atomic E-state index is 12.9. The topological polar surface area (TPSA) is 70.7 Å². The van der Waals surface area contributed by atoms with E-state index in [1.807, 2.05) is 13.8 Å². The van der Waals surface area contributed by atoms with Crippen LogP contribution in [0.25, 0.3) is 0 Å². The van der Waals surface area contributed by atoms with Gasteiger partial charge in [-0.1, -0.05) is 13.8 Å². The summed E-state index contributed by atoms with van der Waals surface area (Å²) >= 11 is 0. The summed E-state index contributed by atoms with van der Waals surface area (Å²) in [5.41, 5.74) is 1.08. The molecule has 0 radical (unpaired) electrons. The van der Waals surface area contributed by atoms with Crippen molar-refractivity contribution in [3.63, 3.8) is 0 Å². The minimum Gasteiger partial charge on any atom is -0.305 e. The van der Waals surface area contributed by atoms with Crippen LogP contribution in [0.3, 0.4) is 0 Å². The summed E-state index contributed by atoms with van der Waals surface area (Å²) < 4.78 is 12.9. The number of carbonyl (C=O) groups excluding carboxylic acids is 1. The Morgan fingerprint density at radius 3 is 2.78 bits per heavy atom. The lowest BCUT2D eigenvalue weighted by molar-refractivity contribution is 0.102. The van der Waals surface area contributed by atoms with Gasteiger partial charge in [0.05, 0.1) is 11.8 Å². The van der Waals surface area contributed by atoms with Crippen LogP contribution >= 0.6 is 0 Å². The normalized spacial score (nSPS) is 10.7. The summed E-state index contributed by atoms with van der Waals surface area (Å²) in [6.07, 6.45) is 2.34. The number of carbonyl (C=O) groups is 1. The van der Waals surface area contributed by atoms with Crippen molar-refractivity contribution >= 4 is 11.7 Å². The largest absolute Gasteiger partial charge is 0.305 e. The third-order valence-corrected chi connectivity index (χ3v) is 2.43. The Kier molecular flexibility index (Phi) is 3.36. The molecule has 0 atom stereocenters. The second-order valence-electron chi connectivity index (χ2n) is 4.21. The number of H-pyrrole nitrogens is 1. The van der Waals surface area contributed by atoms with Gasteiger partial charge in [0.2, 0.25) is 0 Å². The molecule has 94 valence electrons. The number of hydrogen-bond donors (Lipinski definition) is 2. The van der Waals surface area contributed by atoms with Gasteiger partial charge in [0.1, 0.15) is 5.82 Å². The lowest BCUT2D eigenvalue weighted by atomic mass is 10.1. The average molecular weight is 248 g/mol. The molecule has 2 aromatic heterocycles. The van der Waals surface area contributed by atoms with E-state index < -0.39 is 11.7 Å². The number of nitrogens with zero attached hydrogens (tertiary/aromatic N) is 2. The van der Waals surface area contributed by atoms with Crippen LogP contribution in [0.4, 0.5) is 10.2 Å². The van der Waals surface area contributed by atoms with E-state index in [-0.39, 0.29) is 5.56 Å². The van der Waals surface area contributed by atoms with Crippen LogP contribution in [-0.2, 0) is 0 Å². The molecule has 2 rings (SSSR count). The number of amides is 1. The first-order valence-corrected chi connectivity index (χ1v) is 5.53. The molecule has 0 aliphatic heterocycles. The second-order valence-corrected chi connectivity index (χ2v) is 4.21. The first-order valence-electron chi connectivity index (χ1n) is 5.53. The molecule has 0 aliphatic carbocycles. The highest BCUT2D eigenvalue weighted by Crippen LogP contribution is 2.15. The monoisotopic (exact) mass is 248 g/mol. The Labute approximate surface area is 103 Å². The molecule has 6 heteroatoms. The number of pyridine rings is 1. The van der Waals surface area contributed by atoms with Crippen molar-refractivity contribution in [2.75, 3.05) is 5.32 Å². The zero-order chi connectivity index (χ0) is 13.1. The fourth-order valence-corrected chi connectivity index (χ4v) is 1.42. The number of aromatic amines is 1. The van der Waals surface area contributed by atoms with Gasteiger partial charge in [-0.05, 0) is 12.0 Å². The fraction of sp³-hybridized carbons (Fsp3) is 0.250. The Bertz CT molecular complexity index is 565. The molecule has 0 unspecified atom stereocenters. The molecule has 1 amide bonds. The molecule has 0 saturated carbocycles. The summed E-state index contributed by atoms with van der Waals surface area (Å²) in [7, 11) is 0. The molecule has 18 heavy (non-hydrogen) atoms. The predicted octanol–water partition coefficient (Wildman–Crippen LogP) is 2.32. The number of nitrogens with one attached hydrogen (secondary N) is 2. The van der Waals surface area contributed by atoms with Crippen LogP contribution in [0.1, 0.15) is 35.8 Å². The van der Waals surface area contributed by atoms with Crippen molar-refractivity contribution in [3.8, 4) is 0 Å². The molecule has 0 saturated heterocycles. The molecule has 2 aromatic rings. The van der Waals surface area contributed by atoms with E-state index in [0.717, 1.165) is 18.0 Å². The summed E-state index contributed by atoms with van der Waals surface area (Å²) in [5, 5.41) is 9.35. The molecule has 2 N–H and O–H groups in total. The van der Waals surface area contributed by atoms with E-state index in [4.69, 9.17) is 0 Å². The molecule has 0 spiro atoms. The van der Waals surface area contributed by atoms with Gasteiger partial charge >= 0.3 is 0 Å². The van der Waals surface area contributed by atoms with Gasteiger partial charge in [-0.3, -0.25) is 14.9 Å². The van der Waals surface area contributed by atoms with Crippen LogP contribution < -0.4 is 5.32 Å². The summed E-state index contributed by atoms with van der Waals surface area (Å²) in [6, 6.07) is 2.87. The summed E-state index contributed by atoms with van der Waals surface area (Å²) in [5.74, 6) is -0.289. The van der Waals surface area contributed by atoms with Crippen molar-refractivity contribution in [1.82, 2.24) is 15.2 Å². The molecule has 0 fully saturated rings. The SMILES string of the molecule is CC(C)c1cc(NC(=O)c2cncc(F)c2)n[nH]1. The van der Waals surface area contributed by atoms with E-state index in [2.05, 4.69) is 20.5 Å². The lowest BCUT2D eigenvalue weighted by Gasteiger charge is -2.01. The number of rotatable bonds is 3. The van der Waals surface area contributed by atoms with Gasteiger partial charge in [-0.25, -0.2) is 4.39 Å². The van der Waals surface area contributed by atoms with Crippen molar-refractivity contribution in [1.29, 1.82) is 0 Å². The van der Waals surface area contributed by atoms with E-state index in [1.54, 1.807) is 6.07 Å². The maximum absolute atomic E-state index is 12.9. The third kappa shape index (κ3) is 2.71. The van der Waals surface area contributed by atoms with Gasteiger partial charge in [0.25, 0.3) is 5.91 Å². The van der Waals surface area contributed by atoms with Crippen LogP contribution in [0.5, 0.6) is 0 Å². The molecule has 5 nitrogen and oxygen atoms in total. The molecule has 0 bridgehead atoms. The van der Waals surface area contributed by atoms with Gasteiger partial charge in [-0.2, -0.15) is 5.10 Å². The minimum atomic E-state index is -0.549. The number of anilines is 1. The standard InChI is InChI=1S/C12H13FN4O/c1-7(2)10-4-11(17-16-10)15-12(18)8-3-9(13)6-14-5-8/h3-7H,1-2H3,(H2,15,16,17,18). The lowest BCUT2D eigenvalue weighted by Crippen LogP contribution is -2.12. The summed E-state index contributed by atoms with van der Waals surface area (Å²) in [4.78, 5) is 15.4. The predicted molar refractivity (Wildman–Crippen MR) is 64.8 cm³/mol. The van der Waals surface area contributed by atoms with Gasteiger partial charge in [-0.15, -0.1) is 0 Å². The first kappa shape index (κ1) is 12.2. The summed E-state index contributed by atoms with van der Waals surface area (Å²) in [6.45, 7) is 4.02. The van der Waals surface area contributed by atoms with Crippen molar-refractivity contribution in [2.45, 2.75) is 19.8 Å². The number of halogens is 1. The van der Waals surface area contributed by atoms with Gasteiger partial charge < -0.3 is 5.32 Å². The maximum Gasteiger partial charge on any atom is 0.258 e. The van der Waals surface area contributed by atoms with E-state index in [1.165, 1.54) is 6.20 Å². The molecule has 2 heterocycles. The zero-order valence-corrected chi connectivity index (χ0v) is 10.1. The van der Waals surface area contributed by atoms with Crippen LogP contribution in [0.2, 0.25) is 0 Å². The molecule has 0 aromatic carbocycles. The zero-order valence-electron chi connectivity index (χ0n) is 10.1. The van der Waals surface area contributed by atoms with E-state index >= 15 is 0 Å². The Balaban J connectivity index is 2.11. The smallest absolute Gasteiger partial charge is 0.258 e. The van der Waals surface area contributed by atoms with Crippen LogP contribution in [0.15, 0.2) is 24.5 Å². The fourth-order valence-electron chi connectivity index (χ4n) is 1.42. The highest BCUT2D eigenvalue weighted by molar-refractivity contribution is 6.03. The second kappa shape index (κ2) is 4.95. The highest BCUT2D eigenvalue weighted by Gasteiger charge is 2.10. The van der Waals surface area contributed by atoms with Crippen molar-refractivity contribution in [3.05, 3.63) is 41.6 Å².